The van der Waals surface area contributed by atoms with Crippen LogP contribution in [0.15, 0.2) is 18.2 Å². The Kier molecular flexibility index (Phi) is 3.20. The maximum absolute atomic E-state index is 5.92. The third-order valence-electron chi connectivity index (χ3n) is 2.65. The highest BCUT2D eigenvalue weighted by Crippen LogP contribution is 2.44. The zero-order valence-corrected chi connectivity index (χ0v) is 10.8. The summed E-state index contributed by atoms with van der Waals surface area (Å²) in [5.74, 6) is 4.31. The first-order chi connectivity index (χ1) is 8.57. The number of rotatable bonds is 3. The molecule has 0 unspecified atom stereocenters. The molecule has 1 aliphatic rings. The summed E-state index contributed by atoms with van der Waals surface area (Å²) in [6.45, 7) is 4.18. The van der Waals surface area contributed by atoms with Gasteiger partial charge in [-0.15, -0.1) is 6.42 Å². The van der Waals surface area contributed by atoms with E-state index in [1.807, 2.05) is 38.1 Å². The van der Waals surface area contributed by atoms with Crippen molar-refractivity contribution in [2.24, 2.45) is 0 Å². The Bertz CT molecular complexity index is 521. The molecule has 94 valence electrons. The lowest BCUT2D eigenvalue weighted by Gasteiger charge is -2.29. The molecule has 0 amide bonds. The second-order valence-electron chi connectivity index (χ2n) is 4.55. The van der Waals surface area contributed by atoms with E-state index in [0.29, 0.717) is 17.2 Å². The Hall–Kier alpha value is -2.08. The molecule has 1 aromatic rings. The van der Waals surface area contributed by atoms with Gasteiger partial charge in [-0.1, -0.05) is 12.0 Å². The third kappa shape index (κ3) is 2.28. The van der Waals surface area contributed by atoms with Crippen molar-refractivity contribution >= 4 is 6.08 Å². The number of methoxy groups -OCH3 is 1. The van der Waals surface area contributed by atoms with Gasteiger partial charge in [0, 0.05) is 5.56 Å². The Morgan fingerprint density at radius 1 is 1.39 bits per heavy atom. The van der Waals surface area contributed by atoms with Crippen molar-refractivity contribution < 1.29 is 14.2 Å². The van der Waals surface area contributed by atoms with Gasteiger partial charge in [-0.2, -0.15) is 0 Å². The quantitative estimate of drug-likeness (QED) is 0.765. The topological polar surface area (TPSA) is 27.7 Å². The predicted molar refractivity (Wildman–Crippen MR) is 71.1 cm³/mol. The lowest BCUT2D eigenvalue weighted by molar-refractivity contribution is 0.150. The largest absolute Gasteiger partial charge is 0.490 e. The summed E-state index contributed by atoms with van der Waals surface area (Å²) in [7, 11) is 1.59. The highest BCUT2D eigenvalue weighted by atomic mass is 16.5. The summed E-state index contributed by atoms with van der Waals surface area (Å²) in [5.41, 5.74) is 0.615. The fourth-order valence-corrected chi connectivity index (χ4v) is 1.81. The minimum absolute atomic E-state index is 0.203. The minimum Gasteiger partial charge on any atom is -0.490 e. The molecule has 1 aromatic carbocycles. The average Bonchev–Trinajstić information content (AvgIpc) is 2.34. The van der Waals surface area contributed by atoms with Crippen molar-refractivity contribution in [1.82, 2.24) is 0 Å². The molecular formula is C15H16O3. The first-order valence-electron chi connectivity index (χ1n) is 5.73. The molecule has 3 nitrogen and oxygen atoms in total. The zero-order valence-electron chi connectivity index (χ0n) is 10.8. The molecule has 1 heterocycles. The number of hydrogen-bond donors (Lipinski definition) is 0. The number of terminal acetylenes is 1. The van der Waals surface area contributed by atoms with Crippen LogP contribution in [0.25, 0.3) is 6.08 Å². The molecule has 0 N–H and O–H groups in total. The smallest absolute Gasteiger partial charge is 0.204 e. The van der Waals surface area contributed by atoms with Gasteiger partial charge >= 0.3 is 0 Å². The van der Waals surface area contributed by atoms with E-state index in [-0.39, 0.29) is 12.2 Å². The molecule has 0 aromatic heterocycles. The molecular weight excluding hydrogens is 228 g/mol. The lowest BCUT2D eigenvalue weighted by atomic mass is 10.0. The minimum atomic E-state index is -0.356. The molecule has 3 heteroatoms. The molecule has 18 heavy (non-hydrogen) atoms. The van der Waals surface area contributed by atoms with Crippen molar-refractivity contribution in [2.75, 3.05) is 13.7 Å². The molecule has 0 fully saturated rings. The molecule has 0 bridgehead atoms. The van der Waals surface area contributed by atoms with Gasteiger partial charge in [0.2, 0.25) is 5.75 Å². The second kappa shape index (κ2) is 4.66. The fraction of sp³-hybridized carbons (Fsp3) is 0.333. The van der Waals surface area contributed by atoms with E-state index in [2.05, 4.69) is 5.92 Å². The molecule has 0 radical (unpaired) electrons. The van der Waals surface area contributed by atoms with Crippen LogP contribution in [0.2, 0.25) is 0 Å². The van der Waals surface area contributed by atoms with E-state index in [9.17, 15) is 0 Å². The second-order valence-corrected chi connectivity index (χ2v) is 4.55. The molecule has 0 saturated carbocycles. The van der Waals surface area contributed by atoms with Gasteiger partial charge < -0.3 is 14.2 Å². The molecule has 2 rings (SSSR count). The Morgan fingerprint density at radius 3 is 2.83 bits per heavy atom. The van der Waals surface area contributed by atoms with Crippen molar-refractivity contribution in [1.29, 1.82) is 0 Å². The van der Waals surface area contributed by atoms with Gasteiger partial charge in [0.05, 0.1) is 7.11 Å². The molecule has 0 saturated heterocycles. The van der Waals surface area contributed by atoms with Crippen LogP contribution in [-0.2, 0) is 0 Å². The normalized spacial score (nSPS) is 15.2. The van der Waals surface area contributed by atoms with E-state index in [1.54, 1.807) is 7.11 Å². The van der Waals surface area contributed by atoms with Gasteiger partial charge in [-0.05, 0) is 32.1 Å². The maximum atomic E-state index is 5.92. The van der Waals surface area contributed by atoms with E-state index in [1.165, 1.54) is 0 Å². The van der Waals surface area contributed by atoms with Crippen LogP contribution in [0.4, 0.5) is 0 Å². The van der Waals surface area contributed by atoms with Crippen LogP contribution in [0, 0.1) is 12.3 Å². The third-order valence-corrected chi connectivity index (χ3v) is 2.65. The van der Waals surface area contributed by atoms with Gasteiger partial charge in [0.15, 0.2) is 11.5 Å². The first-order valence-corrected chi connectivity index (χ1v) is 5.73. The van der Waals surface area contributed by atoms with Crippen LogP contribution in [-0.4, -0.2) is 19.3 Å². The number of hydrogen-bond acceptors (Lipinski definition) is 3. The van der Waals surface area contributed by atoms with Crippen LogP contribution >= 0.6 is 0 Å². The maximum Gasteiger partial charge on any atom is 0.204 e. The van der Waals surface area contributed by atoms with Gasteiger partial charge in [0.1, 0.15) is 12.2 Å². The van der Waals surface area contributed by atoms with Crippen molar-refractivity contribution in [3.63, 3.8) is 0 Å². The predicted octanol–water partition coefficient (Wildman–Crippen LogP) is 2.89. The van der Waals surface area contributed by atoms with E-state index < -0.39 is 0 Å². The van der Waals surface area contributed by atoms with Crippen molar-refractivity contribution in [3.05, 3.63) is 23.8 Å². The summed E-state index contributed by atoms with van der Waals surface area (Å²) in [4.78, 5) is 0. The van der Waals surface area contributed by atoms with E-state index in [4.69, 9.17) is 20.6 Å². The van der Waals surface area contributed by atoms with Crippen LogP contribution in [0.3, 0.4) is 0 Å². The summed E-state index contributed by atoms with van der Waals surface area (Å²) in [5, 5.41) is 0. The number of benzene rings is 1. The lowest BCUT2D eigenvalue weighted by Crippen LogP contribution is -2.27. The number of ether oxygens (including phenoxy) is 3. The standard InChI is InChI=1S/C15H16O3/c1-5-10-17-12-7-6-11-8-9-15(2,3)18-13(11)14(12)16-4/h1,6-9H,10H2,2-4H3. The Labute approximate surface area is 107 Å². The highest BCUT2D eigenvalue weighted by Gasteiger charge is 2.26. The molecule has 1 aliphatic heterocycles. The van der Waals surface area contributed by atoms with Crippen LogP contribution in [0.5, 0.6) is 17.2 Å². The first kappa shape index (κ1) is 12.4. The molecule has 0 aliphatic carbocycles. The van der Waals surface area contributed by atoms with Gasteiger partial charge in [-0.3, -0.25) is 0 Å². The van der Waals surface area contributed by atoms with Gasteiger partial charge in [-0.25, -0.2) is 0 Å². The monoisotopic (exact) mass is 244 g/mol. The van der Waals surface area contributed by atoms with Crippen molar-refractivity contribution in [2.45, 2.75) is 19.4 Å². The summed E-state index contributed by atoms with van der Waals surface area (Å²) in [6.07, 6.45) is 9.22. The zero-order chi connectivity index (χ0) is 13.2. The van der Waals surface area contributed by atoms with Crippen LogP contribution < -0.4 is 14.2 Å². The Morgan fingerprint density at radius 2 is 2.17 bits per heavy atom. The fourth-order valence-electron chi connectivity index (χ4n) is 1.81. The SMILES string of the molecule is C#CCOc1ccc2c(c1OC)OC(C)(C)C=C2. The Balaban J connectivity index is 2.45. The summed E-state index contributed by atoms with van der Waals surface area (Å²) < 4.78 is 16.7. The van der Waals surface area contributed by atoms with Crippen molar-refractivity contribution in [3.8, 4) is 29.6 Å². The van der Waals surface area contributed by atoms with E-state index in [0.717, 1.165) is 5.56 Å². The number of fused-ring (bicyclic) bond motifs is 1. The summed E-state index contributed by atoms with van der Waals surface area (Å²) in [6, 6.07) is 3.76. The molecule has 0 spiro atoms. The van der Waals surface area contributed by atoms with E-state index >= 15 is 0 Å². The molecule has 0 atom stereocenters. The highest BCUT2D eigenvalue weighted by molar-refractivity contribution is 5.68. The van der Waals surface area contributed by atoms with Gasteiger partial charge in [0.25, 0.3) is 0 Å². The van der Waals surface area contributed by atoms with Crippen LogP contribution in [0.1, 0.15) is 19.4 Å². The average molecular weight is 244 g/mol. The summed E-state index contributed by atoms with van der Waals surface area (Å²) >= 11 is 0.